The molecule has 0 spiro atoms. The first-order valence-corrected chi connectivity index (χ1v) is 9.43. The summed E-state index contributed by atoms with van der Waals surface area (Å²) in [6.45, 7) is 3.36. The Bertz CT molecular complexity index is 1040. The lowest BCUT2D eigenvalue weighted by Crippen LogP contribution is -2.36. The molecule has 4 rings (SSSR count). The number of Topliss-reactive ketones (excluding diaryl/α,β-unsaturated/α-hetero) is 1. The Labute approximate surface area is 161 Å². The van der Waals surface area contributed by atoms with E-state index in [9.17, 15) is 9.59 Å². The number of benzene rings is 2. The maximum absolute atomic E-state index is 12.9. The molecule has 1 aliphatic rings. The fraction of sp³-hybridized carbons (Fsp3) is 0.143. The van der Waals surface area contributed by atoms with Crippen LogP contribution in [0.15, 0.2) is 65.8 Å². The first kappa shape index (κ1) is 17.4. The number of amides is 1. The molecule has 0 saturated carbocycles. The second kappa shape index (κ2) is 6.96. The largest absolute Gasteiger partial charge is 0.291 e. The van der Waals surface area contributed by atoms with Crippen molar-refractivity contribution < 1.29 is 9.59 Å². The maximum atomic E-state index is 12.9. The minimum absolute atomic E-state index is 0.0998. The van der Waals surface area contributed by atoms with Crippen molar-refractivity contribution in [3.8, 4) is 11.3 Å². The van der Waals surface area contributed by atoms with Crippen molar-refractivity contribution >= 4 is 29.1 Å². The van der Waals surface area contributed by atoms with Crippen LogP contribution in [-0.4, -0.2) is 27.0 Å². The van der Waals surface area contributed by atoms with Crippen molar-refractivity contribution in [2.75, 3.05) is 4.90 Å². The summed E-state index contributed by atoms with van der Waals surface area (Å²) in [4.78, 5) is 35.7. The molecule has 0 unspecified atom stereocenters. The second-order valence-electron chi connectivity index (χ2n) is 6.28. The molecule has 0 bridgehead atoms. The molecule has 1 amide bonds. The second-order valence-corrected chi connectivity index (χ2v) is 7.33. The highest BCUT2D eigenvalue weighted by molar-refractivity contribution is 8.00. The third-order valence-corrected chi connectivity index (χ3v) is 5.39. The minimum atomic E-state index is -0.690. The van der Waals surface area contributed by atoms with Gasteiger partial charge >= 0.3 is 0 Å². The SMILES string of the molecule is CC(=O)N1c2ccccc2C(=O)[C@H]1Sc1nc(C)cc(-c2ccccc2)n1. The Morgan fingerprint density at radius 1 is 1.04 bits per heavy atom. The number of para-hydroxylation sites is 1. The van der Waals surface area contributed by atoms with Gasteiger partial charge in [-0.05, 0) is 25.1 Å². The molecule has 0 saturated heterocycles. The Balaban J connectivity index is 1.71. The summed E-state index contributed by atoms with van der Waals surface area (Å²) in [5.41, 5.74) is 3.78. The molecule has 0 N–H and O–H groups in total. The van der Waals surface area contributed by atoms with E-state index in [0.717, 1.165) is 17.0 Å². The molecule has 0 fully saturated rings. The first-order chi connectivity index (χ1) is 13.0. The molecule has 1 atom stereocenters. The number of carbonyl (C=O) groups is 2. The Hall–Kier alpha value is -2.99. The summed E-state index contributed by atoms with van der Waals surface area (Å²) in [5.74, 6) is -0.279. The van der Waals surface area contributed by atoms with E-state index in [4.69, 9.17) is 0 Å². The van der Waals surface area contributed by atoms with Gasteiger partial charge in [0.15, 0.2) is 16.3 Å². The van der Waals surface area contributed by atoms with Crippen LogP contribution >= 0.6 is 11.8 Å². The fourth-order valence-electron chi connectivity index (χ4n) is 3.16. The molecule has 0 aliphatic carbocycles. The van der Waals surface area contributed by atoms with Crippen molar-refractivity contribution in [2.24, 2.45) is 0 Å². The molecular formula is C21H17N3O2S. The maximum Gasteiger partial charge on any atom is 0.225 e. The van der Waals surface area contributed by atoms with Crippen LogP contribution in [0, 0.1) is 6.92 Å². The highest BCUT2D eigenvalue weighted by Gasteiger charge is 2.40. The van der Waals surface area contributed by atoms with E-state index in [1.807, 2.05) is 49.4 Å². The van der Waals surface area contributed by atoms with Gasteiger partial charge in [-0.25, -0.2) is 9.97 Å². The number of carbonyl (C=O) groups excluding carboxylic acids is 2. The molecule has 27 heavy (non-hydrogen) atoms. The average molecular weight is 375 g/mol. The van der Waals surface area contributed by atoms with E-state index in [1.165, 1.54) is 23.6 Å². The van der Waals surface area contributed by atoms with Crippen LogP contribution in [0.2, 0.25) is 0 Å². The molecule has 0 radical (unpaired) electrons. The molecule has 2 heterocycles. The van der Waals surface area contributed by atoms with Gasteiger partial charge in [0.1, 0.15) is 0 Å². The van der Waals surface area contributed by atoms with E-state index in [-0.39, 0.29) is 11.7 Å². The third-order valence-electron chi connectivity index (χ3n) is 4.35. The van der Waals surface area contributed by atoms with Gasteiger partial charge in [-0.3, -0.25) is 14.5 Å². The lowest BCUT2D eigenvalue weighted by atomic mass is 10.1. The van der Waals surface area contributed by atoms with Gasteiger partial charge in [0, 0.05) is 23.7 Å². The summed E-state index contributed by atoms with van der Waals surface area (Å²) < 4.78 is 0. The molecule has 6 heteroatoms. The molecule has 3 aromatic rings. The zero-order valence-corrected chi connectivity index (χ0v) is 15.7. The number of hydrogen-bond donors (Lipinski definition) is 0. The molecule has 5 nitrogen and oxygen atoms in total. The van der Waals surface area contributed by atoms with Crippen molar-refractivity contribution in [2.45, 2.75) is 24.4 Å². The number of aryl methyl sites for hydroxylation is 1. The van der Waals surface area contributed by atoms with Gasteiger partial charge < -0.3 is 0 Å². The van der Waals surface area contributed by atoms with Crippen LogP contribution in [0.25, 0.3) is 11.3 Å². The van der Waals surface area contributed by atoms with E-state index in [0.29, 0.717) is 16.4 Å². The average Bonchev–Trinajstić information content (AvgIpc) is 2.94. The monoisotopic (exact) mass is 375 g/mol. The van der Waals surface area contributed by atoms with E-state index < -0.39 is 5.37 Å². The smallest absolute Gasteiger partial charge is 0.225 e. The summed E-state index contributed by atoms with van der Waals surface area (Å²) in [6, 6.07) is 18.9. The highest BCUT2D eigenvalue weighted by atomic mass is 32.2. The summed E-state index contributed by atoms with van der Waals surface area (Å²) in [5, 5.41) is -0.211. The minimum Gasteiger partial charge on any atom is -0.291 e. The number of fused-ring (bicyclic) bond motifs is 1. The number of rotatable bonds is 3. The molecule has 1 aliphatic heterocycles. The van der Waals surface area contributed by atoms with Crippen LogP contribution in [0.3, 0.4) is 0 Å². The Morgan fingerprint density at radius 2 is 1.74 bits per heavy atom. The Kier molecular flexibility index (Phi) is 4.49. The first-order valence-electron chi connectivity index (χ1n) is 8.55. The number of nitrogens with zero attached hydrogens (tertiary/aromatic N) is 3. The molecular weight excluding hydrogens is 358 g/mol. The lowest BCUT2D eigenvalue weighted by molar-refractivity contribution is -0.116. The van der Waals surface area contributed by atoms with Crippen molar-refractivity contribution in [3.63, 3.8) is 0 Å². The quantitative estimate of drug-likeness (QED) is 0.645. The predicted molar refractivity (Wildman–Crippen MR) is 106 cm³/mol. The number of anilines is 1. The molecule has 134 valence electrons. The zero-order chi connectivity index (χ0) is 19.0. The van der Waals surface area contributed by atoms with Crippen LogP contribution in [0.1, 0.15) is 23.0 Å². The topological polar surface area (TPSA) is 63.2 Å². The van der Waals surface area contributed by atoms with Crippen molar-refractivity contribution in [1.82, 2.24) is 9.97 Å². The van der Waals surface area contributed by atoms with Crippen molar-refractivity contribution in [3.05, 3.63) is 71.9 Å². The fourth-order valence-corrected chi connectivity index (χ4v) is 4.31. The summed E-state index contributed by atoms with van der Waals surface area (Å²) >= 11 is 1.21. The predicted octanol–water partition coefficient (Wildman–Crippen LogP) is 4.12. The normalized spacial score (nSPS) is 15.7. The number of thioether (sulfide) groups is 1. The number of aromatic nitrogens is 2. The van der Waals surface area contributed by atoms with Gasteiger partial charge in [-0.1, -0.05) is 54.2 Å². The zero-order valence-electron chi connectivity index (χ0n) is 14.9. The van der Waals surface area contributed by atoms with E-state index in [2.05, 4.69) is 9.97 Å². The van der Waals surface area contributed by atoms with Gasteiger partial charge in [0.05, 0.1) is 11.4 Å². The number of ketones is 1. The summed E-state index contributed by atoms with van der Waals surface area (Å²) in [7, 11) is 0. The highest BCUT2D eigenvalue weighted by Crippen LogP contribution is 2.39. The van der Waals surface area contributed by atoms with Gasteiger partial charge in [0.2, 0.25) is 5.91 Å². The lowest BCUT2D eigenvalue weighted by Gasteiger charge is -2.21. The van der Waals surface area contributed by atoms with E-state index >= 15 is 0 Å². The van der Waals surface area contributed by atoms with Crippen LogP contribution in [0.5, 0.6) is 0 Å². The van der Waals surface area contributed by atoms with Crippen molar-refractivity contribution in [1.29, 1.82) is 0 Å². The van der Waals surface area contributed by atoms with E-state index in [1.54, 1.807) is 18.2 Å². The summed E-state index contributed by atoms with van der Waals surface area (Å²) in [6.07, 6.45) is 0. The Morgan fingerprint density at radius 3 is 2.48 bits per heavy atom. The third kappa shape index (κ3) is 3.24. The van der Waals surface area contributed by atoms with Gasteiger partial charge in [-0.2, -0.15) is 0 Å². The molecule has 1 aromatic heterocycles. The van der Waals surface area contributed by atoms with Crippen LogP contribution in [0.4, 0.5) is 5.69 Å². The van der Waals surface area contributed by atoms with Gasteiger partial charge in [0.25, 0.3) is 0 Å². The van der Waals surface area contributed by atoms with Gasteiger partial charge in [-0.15, -0.1) is 0 Å². The standard InChI is InChI=1S/C21H17N3O2S/c1-13-12-17(15-8-4-3-5-9-15)23-21(22-13)27-20-19(26)16-10-6-7-11-18(16)24(20)14(2)25/h3-12,20H,1-2H3/t20-/m1/s1. The number of hydrogen-bond acceptors (Lipinski definition) is 5. The van der Waals surface area contributed by atoms with Crippen LogP contribution in [-0.2, 0) is 4.79 Å². The van der Waals surface area contributed by atoms with Crippen LogP contribution < -0.4 is 4.90 Å². The molecule has 2 aromatic carbocycles.